The largest absolute Gasteiger partial charge is 0.367 e. The quantitative estimate of drug-likeness (QED) is 0.738. The van der Waals surface area contributed by atoms with E-state index in [0.717, 1.165) is 5.69 Å². The van der Waals surface area contributed by atoms with E-state index in [0.29, 0.717) is 5.15 Å². The van der Waals surface area contributed by atoms with Crippen molar-refractivity contribution in [3.05, 3.63) is 23.5 Å². The molecule has 0 saturated heterocycles. The maximum Gasteiger partial charge on any atom is 0.129 e. The number of nitriles is 1. The average Bonchev–Trinajstić information content (AvgIpc) is 2.09. The summed E-state index contributed by atoms with van der Waals surface area (Å²) in [4.78, 5) is 3.89. The molecule has 0 aliphatic carbocycles. The molecule has 0 aliphatic heterocycles. The fourth-order valence-electron chi connectivity index (χ4n) is 0.839. The normalized spacial score (nSPS) is 10.6. The van der Waals surface area contributed by atoms with Gasteiger partial charge in [0.05, 0.1) is 18.0 Å². The molecule has 0 aliphatic rings. The Morgan fingerprint density at radius 2 is 2.23 bits per heavy atom. The van der Waals surface area contributed by atoms with E-state index in [4.69, 9.17) is 16.9 Å². The van der Waals surface area contributed by atoms with Crippen molar-refractivity contribution in [1.82, 2.24) is 4.98 Å². The van der Waals surface area contributed by atoms with Crippen molar-refractivity contribution in [2.24, 2.45) is 0 Å². The Balaban J connectivity index is 2.77. The molecule has 1 aromatic rings. The Kier molecular flexibility index (Phi) is 2.74. The van der Waals surface area contributed by atoms with E-state index in [1.54, 1.807) is 32.2 Å². The van der Waals surface area contributed by atoms with Gasteiger partial charge < -0.3 is 5.32 Å². The second-order valence-corrected chi connectivity index (χ2v) is 3.62. The lowest BCUT2D eigenvalue weighted by Gasteiger charge is -2.18. The van der Waals surface area contributed by atoms with Gasteiger partial charge in [0, 0.05) is 0 Å². The van der Waals surface area contributed by atoms with Gasteiger partial charge in [-0.2, -0.15) is 5.26 Å². The van der Waals surface area contributed by atoms with Crippen LogP contribution in [0, 0.1) is 11.3 Å². The van der Waals surface area contributed by atoms with E-state index in [1.807, 2.05) is 0 Å². The highest BCUT2D eigenvalue weighted by molar-refractivity contribution is 6.29. The smallest absolute Gasteiger partial charge is 0.129 e. The molecule has 0 atom stereocenters. The number of aromatic nitrogens is 1. The van der Waals surface area contributed by atoms with Gasteiger partial charge in [0.2, 0.25) is 0 Å². The molecule has 68 valence electrons. The van der Waals surface area contributed by atoms with Gasteiger partial charge in [-0.3, -0.25) is 0 Å². The summed E-state index contributed by atoms with van der Waals surface area (Å²) in [6.45, 7) is 3.59. The predicted molar refractivity (Wildman–Crippen MR) is 52.6 cm³/mol. The van der Waals surface area contributed by atoms with E-state index in [1.165, 1.54) is 0 Å². The van der Waals surface area contributed by atoms with E-state index >= 15 is 0 Å². The summed E-state index contributed by atoms with van der Waals surface area (Å²) in [6.07, 6.45) is 1.60. The Labute approximate surface area is 82.4 Å². The van der Waals surface area contributed by atoms with Crippen LogP contribution < -0.4 is 5.32 Å². The van der Waals surface area contributed by atoms with Crippen LogP contribution in [0.4, 0.5) is 5.69 Å². The number of halogens is 1. The minimum absolute atomic E-state index is 0.445. The summed E-state index contributed by atoms with van der Waals surface area (Å²) >= 11 is 5.61. The third-order valence-electron chi connectivity index (χ3n) is 1.46. The molecule has 0 bridgehead atoms. The summed E-state index contributed by atoms with van der Waals surface area (Å²) in [5.41, 5.74) is 0.200. The van der Waals surface area contributed by atoms with Gasteiger partial charge >= 0.3 is 0 Å². The molecule has 0 unspecified atom stereocenters. The van der Waals surface area contributed by atoms with Crippen molar-refractivity contribution in [2.45, 2.75) is 19.4 Å². The fraction of sp³-hybridized carbons (Fsp3) is 0.333. The highest BCUT2D eigenvalue weighted by Gasteiger charge is 2.15. The third kappa shape index (κ3) is 2.92. The summed E-state index contributed by atoms with van der Waals surface area (Å²) in [7, 11) is 0. The van der Waals surface area contributed by atoms with Gasteiger partial charge in [-0.1, -0.05) is 11.6 Å². The molecule has 0 aromatic carbocycles. The molecule has 13 heavy (non-hydrogen) atoms. The first-order valence-electron chi connectivity index (χ1n) is 3.84. The van der Waals surface area contributed by atoms with Crippen LogP contribution in [0.2, 0.25) is 5.15 Å². The van der Waals surface area contributed by atoms with E-state index in [2.05, 4.69) is 16.4 Å². The first-order valence-corrected chi connectivity index (χ1v) is 4.22. The first kappa shape index (κ1) is 9.82. The number of hydrogen-bond donors (Lipinski definition) is 1. The molecular weight excluding hydrogens is 186 g/mol. The SMILES string of the molecule is CC(C)(C#N)Nc1ccc(Cl)nc1. The molecule has 0 radical (unpaired) electrons. The molecule has 0 spiro atoms. The van der Waals surface area contributed by atoms with Crippen molar-refractivity contribution in [1.29, 1.82) is 5.26 Å². The Hall–Kier alpha value is -1.27. The molecular formula is C9H10ClN3. The summed E-state index contributed by atoms with van der Waals surface area (Å²) in [5.74, 6) is 0. The molecule has 4 heteroatoms. The highest BCUT2D eigenvalue weighted by Crippen LogP contribution is 2.14. The van der Waals surface area contributed by atoms with Crippen LogP contribution in [0.1, 0.15) is 13.8 Å². The van der Waals surface area contributed by atoms with Crippen LogP contribution in [-0.2, 0) is 0 Å². The predicted octanol–water partition coefficient (Wildman–Crippen LogP) is 2.45. The van der Waals surface area contributed by atoms with Crippen LogP contribution in [-0.4, -0.2) is 10.5 Å². The van der Waals surface area contributed by atoms with E-state index in [9.17, 15) is 0 Å². The molecule has 1 rings (SSSR count). The zero-order valence-electron chi connectivity index (χ0n) is 7.50. The van der Waals surface area contributed by atoms with Gasteiger partial charge in [-0.25, -0.2) is 4.98 Å². The molecule has 1 aromatic heterocycles. The van der Waals surface area contributed by atoms with Gasteiger partial charge in [-0.15, -0.1) is 0 Å². The highest BCUT2D eigenvalue weighted by atomic mass is 35.5. The number of nitrogens with zero attached hydrogens (tertiary/aromatic N) is 2. The van der Waals surface area contributed by atoms with Crippen LogP contribution in [0.3, 0.4) is 0 Å². The maximum absolute atomic E-state index is 8.75. The molecule has 1 N–H and O–H groups in total. The van der Waals surface area contributed by atoms with Crippen LogP contribution >= 0.6 is 11.6 Å². The minimum atomic E-state index is -0.588. The Morgan fingerprint density at radius 3 is 2.69 bits per heavy atom. The molecule has 0 amide bonds. The van der Waals surface area contributed by atoms with Gasteiger partial charge in [0.1, 0.15) is 10.7 Å². The monoisotopic (exact) mass is 195 g/mol. The minimum Gasteiger partial charge on any atom is -0.367 e. The Bertz CT molecular complexity index is 324. The summed E-state index contributed by atoms with van der Waals surface area (Å²) in [5, 5.41) is 12.2. The second kappa shape index (κ2) is 3.63. The Morgan fingerprint density at radius 1 is 1.54 bits per heavy atom. The van der Waals surface area contributed by atoms with Gasteiger partial charge in [0.15, 0.2) is 0 Å². The van der Waals surface area contributed by atoms with Gasteiger partial charge in [0.25, 0.3) is 0 Å². The molecule has 1 heterocycles. The average molecular weight is 196 g/mol. The van der Waals surface area contributed by atoms with E-state index in [-0.39, 0.29) is 0 Å². The number of hydrogen-bond acceptors (Lipinski definition) is 3. The van der Waals surface area contributed by atoms with Gasteiger partial charge in [-0.05, 0) is 26.0 Å². The first-order chi connectivity index (χ1) is 6.03. The lowest BCUT2D eigenvalue weighted by molar-refractivity contribution is 0.728. The van der Waals surface area contributed by atoms with Crippen molar-refractivity contribution < 1.29 is 0 Å². The second-order valence-electron chi connectivity index (χ2n) is 3.23. The van der Waals surface area contributed by atoms with Crippen molar-refractivity contribution in [2.75, 3.05) is 5.32 Å². The maximum atomic E-state index is 8.75. The lowest BCUT2D eigenvalue weighted by atomic mass is 10.1. The van der Waals surface area contributed by atoms with Crippen molar-refractivity contribution in [3.8, 4) is 6.07 Å². The molecule has 3 nitrogen and oxygen atoms in total. The molecule has 0 saturated carbocycles. The number of nitrogens with one attached hydrogen (secondary N) is 1. The zero-order valence-corrected chi connectivity index (χ0v) is 8.26. The summed E-state index contributed by atoms with van der Waals surface area (Å²) in [6, 6.07) is 5.60. The third-order valence-corrected chi connectivity index (χ3v) is 1.69. The zero-order chi connectivity index (χ0) is 9.90. The topological polar surface area (TPSA) is 48.7 Å². The van der Waals surface area contributed by atoms with Crippen LogP contribution in [0.5, 0.6) is 0 Å². The summed E-state index contributed by atoms with van der Waals surface area (Å²) < 4.78 is 0. The standard InChI is InChI=1S/C9H10ClN3/c1-9(2,6-11)13-7-3-4-8(10)12-5-7/h3-5,13H,1-2H3. The van der Waals surface area contributed by atoms with Crippen LogP contribution in [0.25, 0.3) is 0 Å². The number of pyridine rings is 1. The van der Waals surface area contributed by atoms with Crippen molar-refractivity contribution in [3.63, 3.8) is 0 Å². The van der Waals surface area contributed by atoms with E-state index < -0.39 is 5.54 Å². The fourth-order valence-corrected chi connectivity index (χ4v) is 0.950. The lowest BCUT2D eigenvalue weighted by Crippen LogP contribution is -2.28. The van der Waals surface area contributed by atoms with Crippen LogP contribution in [0.15, 0.2) is 18.3 Å². The van der Waals surface area contributed by atoms with Crippen molar-refractivity contribution >= 4 is 17.3 Å². The number of anilines is 1. The molecule has 0 fully saturated rings. The number of rotatable bonds is 2.